The molecule has 2 N–H and O–H groups in total. The van der Waals surface area contributed by atoms with E-state index in [4.69, 9.17) is 10.00 Å². The van der Waals surface area contributed by atoms with Crippen LogP contribution in [0.1, 0.15) is 43.9 Å². The second-order valence-corrected chi connectivity index (χ2v) is 6.67. The summed E-state index contributed by atoms with van der Waals surface area (Å²) in [6, 6.07) is 17.2. The van der Waals surface area contributed by atoms with Crippen molar-refractivity contribution in [1.82, 2.24) is 10.6 Å². The number of benzene rings is 2. The van der Waals surface area contributed by atoms with Crippen molar-refractivity contribution in [2.45, 2.75) is 52.4 Å². The Morgan fingerprint density at radius 3 is 2.63 bits per heavy atom. The van der Waals surface area contributed by atoms with E-state index in [1.54, 1.807) is 6.07 Å². The van der Waals surface area contributed by atoms with E-state index in [-0.39, 0.29) is 18.0 Å². The Bertz CT molecular complexity index is 798. The number of nitrogens with one attached hydrogen (secondary N) is 2. The Kier molecular flexibility index (Phi) is 7.84. The van der Waals surface area contributed by atoms with Crippen molar-refractivity contribution < 1.29 is 9.53 Å². The number of carbonyl (C=O) groups is 1. The lowest BCUT2D eigenvalue weighted by Gasteiger charge is -2.17. The maximum Gasteiger partial charge on any atom is 0.237 e. The number of ether oxygens (including phenoxy) is 1. The summed E-state index contributed by atoms with van der Waals surface area (Å²) in [4.78, 5) is 12.1. The first-order valence-electron chi connectivity index (χ1n) is 9.26. The Balaban J connectivity index is 1.87. The van der Waals surface area contributed by atoms with Crippen LogP contribution in [0.2, 0.25) is 0 Å². The van der Waals surface area contributed by atoms with Gasteiger partial charge in [0.1, 0.15) is 12.4 Å². The molecule has 1 amide bonds. The number of carbonyl (C=O) groups excluding carboxylic acids is 1. The number of nitrogens with zero attached hydrogens (tertiary/aromatic N) is 1. The van der Waals surface area contributed by atoms with Crippen molar-refractivity contribution >= 4 is 5.91 Å². The summed E-state index contributed by atoms with van der Waals surface area (Å²) in [5.41, 5.74) is 2.62. The molecule has 2 atom stereocenters. The third-order valence-electron chi connectivity index (χ3n) is 4.37. The topological polar surface area (TPSA) is 74.2 Å². The van der Waals surface area contributed by atoms with Gasteiger partial charge in [-0.2, -0.15) is 5.26 Å². The lowest BCUT2D eigenvalue weighted by Crippen LogP contribution is -2.45. The summed E-state index contributed by atoms with van der Waals surface area (Å²) in [5.74, 6) is 0.766. The summed E-state index contributed by atoms with van der Waals surface area (Å²) in [7, 11) is 0. The lowest BCUT2D eigenvalue weighted by atomic mass is 10.1. The minimum Gasteiger partial charge on any atom is -0.489 e. The molecular formula is C22H27N3O2. The molecule has 5 heteroatoms. The molecule has 0 saturated carbocycles. The van der Waals surface area contributed by atoms with Crippen molar-refractivity contribution in [2.24, 2.45) is 0 Å². The molecule has 2 rings (SSSR count). The molecule has 0 spiro atoms. The van der Waals surface area contributed by atoms with E-state index in [9.17, 15) is 4.79 Å². The molecule has 0 aliphatic heterocycles. The van der Waals surface area contributed by atoms with Gasteiger partial charge in [0.25, 0.3) is 0 Å². The second kappa shape index (κ2) is 10.3. The molecule has 142 valence electrons. The van der Waals surface area contributed by atoms with Crippen LogP contribution >= 0.6 is 0 Å². The van der Waals surface area contributed by atoms with E-state index in [2.05, 4.69) is 16.7 Å². The summed E-state index contributed by atoms with van der Waals surface area (Å²) in [6.07, 6.45) is 0.912. The van der Waals surface area contributed by atoms with E-state index in [1.165, 1.54) is 0 Å². The zero-order chi connectivity index (χ0) is 19.6. The highest BCUT2D eigenvalue weighted by atomic mass is 16.5. The SMILES string of the molecule is CCC(C)NC(=O)C(C)NCc1cccc(OCc2cccc(C#N)c2)c1. The van der Waals surface area contributed by atoms with Crippen LogP contribution in [0.5, 0.6) is 5.75 Å². The van der Waals surface area contributed by atoms with Crippen molar-refractivity contribution in [3.05, 3.63) is 65.2 Å². The highest BCUT2D eigenvalue weighted by Crippen LogP contribution is 2.16. The highest BCUT2D eigenvalue weighted by molar-refractivity contribution is 5.81. The van der Waals surface area contributed by atoms with Crippen LogP contribution in [0.4, 0.5) is 0 Å². The molecule has 5 nitrogen and oxygen atoms in total. The van der Waals surface area contributed by atoms with E-state index in [0.717, 1.165) is 23.3 Å². The monoisotopic (exact) mass is 365 g/mol. The van der Waals surface area contributed by atoms with Crippen LogP contribution in [-0.4, -0.2) is 18.0 Å². The maximum absolute atomic E-state index is 12.1. The van der Waals surface area contributed by atoms with Gasteiger partial charge in [0.15, 0.2) is 0 Å². The number of hydrogen-bond acceptors (Lipinski definition) is 4. The lowest BCUT2D eigenvalue weighted by molar-refractivity contribution is -0.123. The first kappa shape index (κ1) is 20.5. The summed E-state index contributed by atoms with van der Waals surface area (Å²) in [5, 5.41) is 15.2. The predicted octanol–water partition coefficient (Wildman–Crippen LogP) is 3.53. The molecule has 2 aromatic rings. The number of rotatable bonds is 9. The van der Waals surface area contributed by atoms with Gasteiger partial charge in [0, 0.05) is 12.6 Å². The number of nitriles is 1. The largest absolute Gasteiger partial charge is 0.489 e. The average Bonchev–Trinajstić information content (AvgIpc) is 2.70. The Morgan fingerprint density at radius 2 is 1.89 bits per heavy atom. The Morgan fingerprint density at radius 1 is 1.15 bits per heavy atom. The van der Waals surface area contributed by atoms with Gasteiger partial charge in [-0.3, -0.25) is 4.79 Å². The number of amides is 1. The molecule has 0 radical (unpaired) electrons. The fraction of sp³-hybridized carbons (Fsp3) is 0.364. The normalized spacial score (nSPS) is 12.7. The van der Waals surface area contributed by atoms with Crippen molar-refractivity contribution in [1.29, 1.82) is 5.26 Å². The molecule has 2 aromatic carbocycles. The van der Waals surface area contributed by atoms with Gasteiger partial charge in [-0.1, -0.05) is 31.2 Å². The molecule has 0 aliphatic carbocycles. The first-order chi connectivity index (χ1) is 13.0. The third-order valence-corrected chi connectivity index (χ3v) is 4.37. The zero-order valence-electron chi connectivity index (χ0n) is 16.2. The standard InChI is InChI=1S/C22H27N3O2/c1-4-16(2)25-22(26)17(3)24-14-19-8-6-10-21(12-19)27-15-20-9-5-7-18(11-20)13-23/h5-12,16-17,24H,4,14-15H2,1-3H3,(H,25,26). The minimum atomic E-state index is -0.266. The fourth-order valence-electron chi connectivity index (χ4n) is 2.48. The van der Waals surface area contributed by atoms with Gasteiger partial charge in [-0.25, -0.2) is 0 Å². The molecule has 2 unspecified atom stereocenters. The molecule has 27 heavy (non-hydrogen) atoms. The van der Waals surface area contributed by atoms with Gasteiger partial charge >= 0.3 is 0 Å². The van der Waals surface area contributed by atoms with Crippen LogP contribution in [0, 0.1) is 11.3 Å². The third kappa shape index (κ3) is 6.76. The van der Waals surface area contributed by atoms with Crippen molar-refractivity contribution in [2.75, 3.05) is 0 Å². The van der Waals surface area contributed by atoms with E-state index in [0.29, 0.717) is 18.7 Å². The smallest absolute Gasteiger partial charge is 0.237 e. The predicted molar refractivity (Wildman–Crippen MR) is 106 cm³/mol. The molecule has 0 saturated heterocycles. The highest BCUT2D eigenvalue weighted by Gasteiger charge is 2.13. The molecule has 0 aliphatic rings. The van der Waals surface area contributed by atoms with Crippen LogP contribution in [-0.2, 0) is 17.9 Å². The molecule has 0 heterocycles. The van der Waals surface area contributed by atoms with Crippen LogP contribution in [0.3, 0.4) is 0 Å². The second-order valence-electron chi connectivity index (χ2n) is 6.67. The van der Waals surface area contributed by atoms with Gasteiger partial charge in [0.2, 0.25) is 5.91 Å². The molecule has 0 aromatic heterocycles. The van der Waals surface area contributed by atoms with Crippen molar-refractivity contribution in [3.8, 4) is 11.8 Å². The minimum absolute atomic E-state index is 0.00845. The molecule has 0 fully saturated rings. The summed E-state index contributed by atoms with van der Waals surface area (Å²) >= 11 is 0. The van der Waals surface area contributed by atoms with E-state index >= 15 is 0 Å². The van der Waals surface area contributed by atoms with Gasteiger partial charge in [0.05, 0.1) is 17.7 Å². The Hall–Kier alpha value is -2.84. The van der Waals surface area contributed by atoms with Crippen LogP contribution < -0.4 is 15.4 Å². The quantitative estimate of drug-likeness (QED) is 0.713. The van der Waals surface area contributed by atoms with E-state index in [1.807, 2.05) is 63.2 Å². The summed E-state index contributed by atoms with van der Waals surface area (Å²) < 4.78 is 5.84. The van der Waals surface area contributed by atoms with Gasteiger partial charge in [-0.15, -0.1) is 0 Å². The van der Waals surface area contributed by atoms with E-state index < -0.39 is 0 Å². The van der Waals surface area contributed by atoms with Gasteiger partial charge in [-0.05, 0) is 55.7 Å². The average molecular weight is 365 g/mol. The maximum atomic E-state index is 12.1. The van der Waals surface area contributed by atoms with Crippen LogP contribution in [0.15, 0.2) is 48.5 Å². The first-order valence-corrected chi connectivity index (χ1v) is 9.26. The summed E-state index contributed by atoms with van der Waals surface area (Å²) in [6.45, 7) is 6.89. The zero-order valence-corrected chi connectivity index (χ0v) is 16.2. The van der Waals surface area contributed by atoms with Crippen LogP contribution in [0.25, 0.3) is 0 Å². The van der Waals surface area contributed by atoms with Crippen molar-refractivity contribution in [3.63, 3.8) is 0 Å². The fourth-order valence-corrected chi connectivity index (χ4v) is 2.48. The van der Waals surface area contributed by atoms with Gasteiger partial charge < -0.3 is 15.4 Å². The molecular weight excluding hydrogens is 338 g/mol. The number of hydrogen-bond donors (Lipinski definition) is 2. The Labute approximate surface area is 161 Å². The molecule has 0 bridgehead atoms.